The summed E-state index contributed by atoms with van der Waals surface area (Å²) in [6.07, 6.45) is 0. The molecule has 0 unspecified atom stereocenters. The molecule has 0 heterocycles. The van der Waals surface area contributed by atoms with Gasteiger partial charge in [0, 0.05) is 11.1 Å². The van der Waals surface area contributed by atoms with E-state index in [0.717, 1.165) is 5.56 Å². The van der Waals surface area contributed by atoms with Crippen LogP contribution in [-0.2, 0) is 14.3 Å². The van der Waals surface area contributed by atoms with E-state index in [0.29, 0.717) is 5.02 Å². The number of benzene rings is 2. The quantitative estimate of drug-likeness (QED) is 0.688. The topological polar surface area (TPSA) is 93.7 Å². The molecule has 0 spiro atoms. The molecular formula is C20H21ClN2O5. The van der Waals surface area contributed by atoms with Crippen molar-refractivity contribution in [3.8, 4) is 0 Å². The number of ether oxygens (including phenoxy) is 2. The van der Waals surface area contributed by atoms with Gasteiger partial charge < -0.3 is 20.1 Å². The van der Waals surface area contributed by atoms with Crippen LogP contribution in [0.15, 0.2) is 42.5 Å². The average Bonchev–Trinajstić information content (AvgIpc) is 2.71. The lowest BCUT2D eigenvalue weighted by atomic mass is 10.1. The largest absolute Gasteiger partial charge is 0.465 e. The zero-order chi connectivity index (χ0) is 20.7. The molecule has 0 saturated heterocycles. The third kappa shape index (κ3) is 5.31. The second-order valence-electron chi connectivity index (χ2n) is 5.92. The molecule has 2 aromatic carbocycles. The second kappa shape index (κ2) is 9.87. The van der Waals surface area contributed by atoms with Gasteiger partial charge in [0.2, 0.25) is 5.91 Å². The van der Waals surface area contributed by atoms with E-state index in [4.69, 9.17) is 16.3 Å². The standard InChI is InChI=1S/C20H21ClN2O5/c1-12(14-6-4-5-7-16(14)21)22-11-18(24)23-17-10-13(19(25)27-2)8-9-15(17)20(26)28-3/h4-10,12,22H,11H2,1-3H3,(H,23,24)/t12-/m0/s1. The summed E-state index contributed by atoms with van der Waals surface area (Å²) >= 11 is 6.16. The molecule has 0 fully saturated rings. The molecule has 0 bridgehead atoms. The summed E-state index contributed by atoms with van der Waals surface area (Å²) in [5.74, 6) is -1.62. The summed E-state index contributed by atoms with van der Waals surface area (Å²) < 4.78 is 9.39. The Morgan fingerprint density at radius 1 is 1.04 bits per heavy atom. The summed E-state index contributed by atoms with van der Waals surface area (Å²) in [6.45, 7) is 1.85. The molecule has 1 amide bonds. The highest BCUT2D eigenvalue weighted by Gasteiger charge is 2.18. The Labute approximate surface area is 168 Å². The zero-order valence-electron chi connectivity index (χ0n) is 15.7. The van der Waals surface area contributed by atoms with Gasteiger partial charge >= 0.3 is 11.9 Å². The van der Waals surface area contributed by atoms with Gasteiger partial charge in [-0.1, -0.05) is 29.8 Å². The van der Waals surface area contributed by atoms with Gasteiger partial charge in [-0.05, 0) is 36.8 Å². The summed E-state index contributed by atoms with van der Waals surface area (Å²) in [5.41, 5.74) is 1.34. The Balaban J connectivity index is 2.12. The van der Waals surface area contributed by atoms with Gasteiger partial charge in [-0.15, -0.1) is 0 Å². The van der Waals surface area contributed by atoms with Crippen LogP contribution in [0.5, 0.6) is 0 Å². The molecule has 0 radical (unpaired) electrons. The van der Waals surface area contributed by atoms with Crippen molar-refractivity contribution in [1.29, 1.82) is 0 Å². The Bertz CT molecular complexity index is 885. The first-order valence-electron chi connectivity index (χ1n) is 8.45. The van der Waals surface area contributed by atoms with Gasteiger partial charge in [-0.3, -0.25) is 4.79 Å². The summed E-state index contributed by atoms with van der Waals surface area (Å²) in [6, 6.07) is 11.4. The lowest BCUT2D eigenvalue weighted by molar-refractivity contribution is -0.115. The third-order valence-corrected chi connectivity index (χ3v) is 4.40. The fourth-order valence-electron chi connectivity index (χ4n) is 2.56. The second-order valence-corrected chi connectivity index (χ2v) is 6.32. The van der Waals surface area contributed by atoms with Crippen molar-refractivity contribution in [3.63, 3.8) is 0 Å². The number of hydrogen-bond acceptors (Lipinski definition) is 6. The van der Waals surface area contributed by atoms with E-state index in [2.05, 4.69) is 15.4 Å². The molecule has 28 heavy (non-hydrogen) atoms. The number of esters is 2. The smallest absolute Gasteiger partial charge is 0.339 e. The molecule has 0 aliphatic carbocycles. The normalized spacial score (nSPS) is 11.4. The van der Waals surface area contributed by atoms with E-state index in [9.17, 15) is 14.4 Å². The van der Waals surface area contributed by atoms with Gasteiger partial charge in [0.25, 0.3) is 0 Å². The molecule has 0 aromatic heterocycles. The van der Waals surface area contributed by atoms with Crippen LogP contribution >= 0.6 is 11.6 Å². The van der Waals surface area contributed by atoms with Crippen LogP contribution in [-0.4, -0.2) is 38.6 Å². The van der Waals surface area contributed by atoms with Crippen LogP contribution in [0.3, 0.4) is 0 Å². The van der Waals surface area contributed by atoms with Crippen molar-refractivity contribution in [3.05, 3.63) is 64.2 Å². The van der Waals surface area contributed by atoms with E-state index in [-0.39, 0.29) is 29.4 Å². The van der Waals surface area contributed by atoms with Crippen molar-refractivity contribution in [2.75, 3.05) is 26.1 Å². The maximum atomic E-state index is 12.4. The number of anilines is 1. The van der Waals surface area contributed by atoms with E-state index >= 15 is 0 Å². The van der Waals surface area contributed by atoms with Crippen LogP contribution in [0, 0.1) is 0 Å². The SMILES string of the molecule is COC(=O)c1ccc(C(=O)OC)c(NC(=O)CN[C@@H](C)c2ccccc2Cl)c1. The van der Waals surface area contributed by atoms with Crippen molar-refractivity contribution in [1.82, 2.24) is 5.32 Å². The number of rotatable bonds is 7. The molecule has 0 aliphatic rings. The van der Waals surface area contributed by atoms with Crippen LogP contribution in [0.2, 0.25) is 5.02 Å². The van der Waals surface area contributed by atoms with E-state index < -0.39 is 17.8 Å². The number of hydrogen-bond donors (Lipinski definition) is 2. The van der Waals surface area contributed by atoms with Crippen molar-refractivity contribution < 1.29 is 23.9 Å². The molecule has 0 aliphatic heterocycles. The number of amides is 1. The molecule has 148 valence electrons. The average molecular weight is 405 g/mol. The first-order chi connectivity index (χ1) is 13.4. The van der Waals surface area contributed by atoms with Crippen molar-refractivity contribution in [2.45, 2.75) is 13.0 Å². The van der Waals surface area contributed by atoms with E-state index in [1.165, 1.54) is 32.4 Å². The fraction of sp³-hybridized carbons (Fsp3) is 0.250. The van der Waals surface area contributed by atoms with Gasteiger partial charge in [0.05, 0.1) is 37.6 Å². The predicted octanol–water partition coefficient (Wildman–Crippen LogP) is 3.20. The summed E-state index contributed by atoms with van der Waals surface area (Å²) in [5, 5.41) is 6.29. The minimum absolute atomic E-state index is 0.0323. The van der Waals surface area contributed by atoms with Gasteiger partial charge in [-0.2, -0.15) is 0 Å². The Hall–Kier alpha value is -2.90. The van der Waals surface area contributed by atoms with Crippen LogP contribution in [0.4, 0.5) is 5.69 Å². The van der Waals surface area contributed by atoms with Crippen LogP contribution < -0.4 is 10.6 Å². The number of methoxy groups -OCH3 is 2. The highest BCUT2D eigenvalue weighted by Crippen LogP contribution is 2.22. The predicted molar refractivity (Wildman–Crippen MR) is 106 cm³/mol. The number of carbonyl (C=O) groups is 3. The molecule has 0 saturated carbocycles. The van der Waals surface area contributed by atoms with Crippen molar-refractivity contribution in [2.24, 2.45) is 0 Å². The lowest BCUT2D eigenvalue weighted by Crippen LogP contribution is -2.30. The monoisotopic (exact) mass is 404 g/mol. The lowest BCUT2D eigenvalue weighted by Gasteiger charge is -2.16. The van der Waals surface area contributed by atoms with Crippen LogP contribution in [0.1, 0.15) is 39.2 Å². The summed E-state index contributed by atoms with van der Waals surface area (Å²) in [4.78, 5) is 36.0. The van der Waals surface area contributed by atoms with Gasteiger partial charge in [-0.25, -0.2) is 9.59 Å². The van der Waals surface area contributed by atoms with E-state index in [1.54, 1.807) is 6.07 Å². The first kappa shape index (κ1) is 21.4. The molecule has 8 heteroatoms. The Kier molecular flexibility index (Phi) is 7.54. The van der Waals surface area contributed by atoms with E-state index in [1.807, 2.05) is 25.1 Å². The highest BCUT2D eigenvalue weighted by molar-refractivity contribution is 6.31. The minimum atomic E-state index is -0.635. The van der Waals surface area contributed by atoms with Gasteiger partial charge in [0.1, 0.15) is 0 Å². The maximum Gasteiger partial charge on any atom is 0.339 e. The Morgan fingerprint density at radius 2 is 1.71 bits per heavy atom. The summed E-state index contributed by atoms with van der Waals surface area (Å²) in [7, 11) is 2.48. The molecule has 2 rings (SSSR count). The number of nitrogens with one attached hydrogen (secondary N) is 2. The number of carbonyl (C=O) groups excluding carboxylic acids is 3. The minimum Gasteiger partial charge on any atom is -0.465 e. The number of halogens is 1. The fourth-order valence-corrected chi connectivity index (χ4v) is 2.86. The Morgan fingerprint density at radius 3 is 2.36 bits per heavy atom. The van der Waals surface area contributed by atoms with Gasteiger partial charge in [0.15, 0.2) is 0 Å². The molecule has 2 N–H and O–H groups in total. The zero-order valence-corrected chi connectivity index (χ0v) is 16.5. The molecular weight excluding hydrogens is 384 g/mol. The van der Waals surface area contributed by atoms with Crippen LogP contribution in [0.25, 0.3) is 0 Å². The van der Waals surface area contributed by atoms with Crippen molar-refractivity contribution >= 4 is 35.1 Å². The highest BCUT2D eigenvalue weighted by atomic mass is 35.5. The third-order valence-electron chi connectivity index (χ3n) is 4.06. The first-order valence-corrected chi connectivity index (χ1v) is 8.83. The molecule has 1 atom stereocenters. The molecule has 7 nitrogen and oxygen atoms in total. The molecule has 2 aromatic rings. The maximum absolute atomic E-state index is 12.4.